The van der Waals surface area contributed by atoms with Crippen LogP contribution in [-0.4, -0.2) is 26.3 Å². The van der Waals surface area contributed by atoms with Gasteiger partial charge in [-0.2, -0.15) is 10.1 Å². The molecule has 17 heavy (non-hydrogen) atoms. The van der Waals surface area contributed by atoms with E-state index in [9.17, 15) is 0 Å². The summed E-state index contributed by atoms with van der Waals surface area (Å²) in [5.74, 6) is 1.04. The third-order valence-corrected chi connectivity index (χ3v) is 2.28. The van der Waals surface area contributed by atoms with E-state index >= 15 is 0 Å². The highest BCUT2D eigenvalue weighted by Crippen LogP contribution is 2.06. The number of hydrogen-bond donors (Lipinski definition) is 2. The molecule has 0 aliphatic heterocycles. The van der Waals surface area contributed by atoms with Gasteiger partial charge >= 0.3 is 0 Å². The monoisotopic (exact) mass is 232 g/mol. The van der Waals surface area contributed by atoms with Crippen LogP contribution in [0.1, 0.15) is 11.3 Å². The molecular formula is C11H16N6. The standard InChI is InChI=1S/C11H16N6/c1-8-6-14-17(7-8)4-3-13-10-5-9(2)15-11(12)16-10/h5-7H,3-4H2,1-2H3,(H3,12,13,15,16). The van der Waals surface area contributed by atoms with E-state index in [0.717, 1.165) is 30.2 Å². The molecule has 6 nitrogen and oxygen atoms in total. The highest BCUT2D eigenvalue weighted by Gasteiger charge is 1.99. The fourth-order valence-electron chi connectivity index (χ4n) is 1.57. The Labute approximate surface area is 99.9 Å². The molecule has 2 aromatic heterocycles. The van der Waals surface area contributed by atoms with Crippen molar-refractivity contribution in [2.45, 2.75) is 20.4 Å². The number of nitrogen functional groups attached to an aromatic ring is 1. The molecule has 3 N–H and O–H groups in total. The summed E-state index contributed by atoms with van der Waals surface area (Å²) in [4.78, 5) is 8.11. The van der Waals surface area contributed by atoms with Gasteiger partial charge in [0, 0.05) is 24.5 Å². The van der Waals surface area contributed by atoms with Gasteiger partial charge in [-0.3, -0.25) is 4.68 Å². The highest BCUT2D eigenvalue weighted by molar-refractivity contribution is 5.39. The van der Waals surface area contributed by atoms with Crippen molar-refractivity contribution < 1.29 is 0 Å². The summed E-state index contributed by atoms with van der Waals surface area (Å²) in [5, 5.41) is 7.39. The number of aromatic nitrogens is 4. The third kappa shape index (κ3) is 3.17. The molecule has 0 radical (unpaired) electrons. The van der Waals surface area contributed by atoms with E-state index in [-0.39, 0.29) is 0 Å². The molecule has 0 fully saturated rings. The van der Waals surface area contributed by atoms with E-state index < -0.39 is 0 Å². The summed E-state index contributed by atoms with van der Waals surface area (Å²) >= 11 is 0. The first-order valence-corrected chi connectivity index (χ1v) is 5.47. The minimum atomic E-state index is 0.294. The predicted molar refractivity (Wildman–Crippen MR) is 66.6 cm³/mol. The van der Waals surface area contributed by atoms with Crippen LogP contribution in [0.4, 0.5) is 11.8 Å². The first-order valence-electron chi connectivity index (χ1n) is 5.47. The van der Waals surface area contributed by atoms with Crippen molar-refractivity contribution in [3.63, 3.8) is 0 Å². The Balaban J connectivity index is 1.89. The first-order chi connectivity index (χ1) is 8.13. The molecular weight excluding hydrogens is 216 g/mol. The Hall–Kier alpha value is -2.11. The van der Waals surface area contributed by atoms with Crippen molar-refractivity contribution in [3.05, 3.63) is 29.7 Å². The van der Waals surface area contributed by atoms with Gasteiger partial charge < -0.3 is 11.1 Å². The van der Waals surface area contributed by atoms with E-state index in [1.807, 2.05) is 37.0 Å². The van der Waals surface area contributed by atoms with Gasteiger partial charge in [-0.05, 0) is 19.4 Å². The van der Waals surface area contributed by atoms with Crippen LogP contribution in [0.25, 0.3) is 0 Å². The van der Waals surface area contributed by atoms with Crippen molar-refractivity contribution in [2.75, 3.05) is 17.6 Å². The lowest BCUT2D eigenvalue weighted by Gasteiger charge is -2.06. The number of rotatable bonds is 4. The van der Waals surface area contributed by atoms with Crippen molar-refractivity contribution >= 4 is 11.8 Å². The van der Waals surface area contributed by atoms with Crippen LogP contribution >= 0.6 is 0 Å². The van der Waals surface area contributed by atoms with Crippen LogP contribution in [0.5, 0.6) is 0 Å². The lowest BCUT2D eigenvalue weighted by molar-refractivity contribution is 0.636. The van der Waals surface area contributed by atoms with Crippen LogP contribution in [0.3, 0.4) is 0 Å². The number of nitrogens with two attached hydrogens (primary N) is 1. The Morgan fingerprint density at radius 2 is 2.18 bits per heavy atom. The van der Waals surface area contributed by atoms with Gasteiger partial charge in [0.15, 0.2) is 0 Å². The van der Waals surface area contributed by atoms with Gasteiger partial charge in [0.05, 0.1) is 12.7 Å². The fourth-order valence-corrected chi connectivity index (χ4v) is 1.57. The summed E-state index contributed by atoms with van der Waals surface area (Å²) in [5.41, 5.74) is 7.58. The maximum atomic E-state index is 5.57. The Kier molecular flexibility index (Phi) is 3.22. The number of aryl methyl sites for hydroxylation is 2. The Bertz CT molecular complexity index is 484. The van der Waals surface area contributed by atoms with E-state index in [4.69, 9.17) is 5.73 Å². The molecule has 0 aliphatic carbocycles. The van der Waals surface area contributed by atoms with Gasteiger partial charge in [-0.25, -0.2) is 4.98 Å². The molecule has 0 atom stereocenters. The molecule has 6 heteroatoms. The zero-order valence-corrected chi connectivity index (χ0v) is 10.0. The molecule has 0 amide bonds. The second kappa shape index (κ2) is 4.82. The quantitative estimate of drug-likeness (QED) is 0.821. The van der Waals surface area contributed by atoms with Crippen molar-refractivity contribution in [1.82, 2.24) is 19.7 Å². The molecule has 0 unspecified atom stereocenters. The van der Waals surface area contributed by atoms with Crippen molar-refractivity contribution in [3.8, 4) is 0 Å². The van der Waals surface area contributed by atoms with E-state index in [1.165, 1.54) is 0 Å². The van der Waals surface area contributed by atoms with Crippen LogP contribution in [-0.2, 0) is 6.54 Å². The molecule has 0 saturated heterocycles. The second-order valence-electron chi connectivity index (χ2n) is 3.96. The molecule has 2 rings (SSSR count). The number of anilines is 2. The topological polar surface area (TPSA) is 81.7 Å². The number of hydrogen-bond acceptors (Lipinski definition) is 5. The van der Waals surface area contributed by atoms with Crippen LogP contribution in [0, 0.1) is 13.8 Å². The zero-order chi connectivity index (χ0) is 12.3. The van der Waals surface area contributed by atoms with Gasteiger partial charge in [-0.1, -0.05) is 0 Å². The SMILES string of the molecule is Cc1cnn(CCNc2cc(C)nc(N)n2)c1. The molecule has 2 heterocycles. The minimum Gasteiger partial charge on any atom is -0.368 e. The summed E-state index contributed by atoms with van der Waals surface area (Å²) in [6.07, 6.45) is 3.84. The predicted octanol–water partition coefficient (Wildman–Crippen LogP) is 0.984. The molecule has 0 bridgehead atoms. The summed E-state index contributed by atoms with van der Waals surface area (Å²) in [7, 11) is 0. The van der Waals surface area contributed by atoms with Crippen LogP contribution < -0.4 is 11.1 Å². The minimum absolute atomic E-state index is 0.294. The molecule has 0 saturated carbocycles. The summed E-state index contributed by atoms with van der Waals surface area (Å²) in [6.45, 7) is 5.44. The Morgan fingerprint density at radius 1 is 1.35 bits per heavy atom. The van der Waals surface area contributed by atoms with E-state index in [0.29, 0.717) is 5.95 Å². The van der Waals surface area contributed by atoms with E-state index in [1.54, 1.807) is 0 Å². The molecule has 2 aromatic rings. The summed E-state index contributed by atoms with van der Waals surface area (Å²) < 4.78 is 1.89. The lowest BCUT2D eigenvalue weighted by Crippen LogP contribution is -2.12. The largest absolute Gasteiger partial charge is 0.368 e. The van der Waals surface area contributed by atoms with Crippen LogP contribution in [0.15, 0.2) is 18.5 Å². The molecule has 90 valence electrons. The number of nitrogens with zero attached hydrogens (tertiary/aromatic N) is 4. The molecule has 0 spiro atoms. The molecule has 0 aromatic carbocycles. The average molecular weight is 232 g/mol. The first kappa shape index (κ1) is 11.4. The van der Waals surface area contributed by atoms with Gasteiger partial charge in [0.1, 0.15) is 5.82 Å². The maximum Gasteiger partial charge on any atom is 0.222 e. The second-order valence-corrected chi connectivity index (χ2v) is 3.96. The number of nitrogens with one attached hydrogen (secondary N) is 1. The van der Waals surface area contributed by atoms with Gasteiger partial charge in [0.25, 0.3) is 0 Å². The lowest BCUT2D eigenvalue weighted by atomic mass is 10.4. The Morgan fingerprint density at radius 3 is 2.82 bits per heavy atom. The van der Waals surface area contributed by atoms with E-state index in [2.05, 4.69) is 20.4 Å². The maximum absolute atomic E-state index is 5.57. The normalized spacial score (nSPS) is 10.5. The van der Waals surface area contributed by atoms with Crippen molar-refractivity contribution in [2.24, 2.45) is 0 Å². The van der Waals surface area contributed by atoms with Gasteiger partial charge in [0.2, 0.25) is 5.95 Å². The zero-order valence-electron chi connectivity index (χ0n) is 10.0. The smallest absolute Gasteiger partial charge is 0.222 e. The summed E-state index contributed by atoms with van der Waals surface area (Å²) in [6, 6.07) is 1.87. The van der Waals surface area contributed by atoms with Crippen LogP contribution in [0.2, 0.25) is 0 Å². The fraction of sp³-hybridized carbons (Fsp3) is 0.364. The highest BCUT2D eigenvalue weighted by atomic mass is 15.3. The van der Waals surface area contributed by atoms with Gasteiger partial charge in [-0.15, -0.1) is 0 Å². The third-order valence-electron chi connectivity index (χ3n) is 2.28. The van der Waals surface area contributed by atoms with Crippen molar-refractivity contribution in [1.29, 1.82) is 0 Å². The molecule has 0 aliphatic rings. The average Bonchev–Trinajstić information content (AvgIpc) is 2.63.